The van der Waals surface area contributed by atoms with Crippen molar-refractivity contribution in [1.29, 1.82) is 0 Å². The van der Waals surface area contributed by atoms with Gasteiger partial charge in [0.2, 0.25) is 0 Å². The number of aromatic nitrogens is 2. The van der Waals surface area contributed by atoms with Gasteiger partial charge in [0.15, 0.2) is 5.69 Å². The molecule has 0 radical (unpaired) electrons. The largest absolute Gasteiger partial charge is 0.321 e. The van der Waals surface area contributed by atoms with Gasteiger partial charge in [0.25, 0.3) is 5.91 Å². The van der Waals surface area contributed by atoms with Crippen LogP contribution in [-0.2, 0) is 6.54 Å². The van der Waals surface area contributed by atoms with Crippen molar-refractivity contribution >= 4 is 11.6 Å². The van der Waals surface area contributed by atoms with Gasteiger partial charge >= 0.3 is 0 Å². The van der Waals surface area contributed by atoms with E-state index in [1.54, 1.807) is 16.9 Å². The highest BCUT2D eigenvalue weighted by molar-refractivity contribution is 6.02. The zero-order valence-electron chi connectivity index (χ0n) is 10.9. The van der Waals surface area contributed by atoms with Crippen LogP contribution in [0.15, 0.2) is 30.5 Å². The highest BCUT2D eigenvalue weighted by Gasteiger charge is 2.09. The second-order valence-corrected chi connectivity index (χ2v) is 4.39. The second-order valence-electron chi connectivity index (χ2n) is 4.39. The predicted molar refractivity (Wildman–Crippen MR) is 71.8 cm³/mol. The normalized spacial score (nSPS) is 10.4. The highest BCUT2D eigenvalue weighted by Crippen LogP contribution is 2.14. The van der Waals surface area contributed by atoms with E-state index in [-0.39, 0.29) is 5.91 Å². The van der Waals surface area contributed by atoms with E-state index in [1.807, 2.05) is 32.9 Å². The number of nitrogens with zero attached hydrogens (tertiary/aromatic N) is 2. The molecule has 0 atom stereocenters. The average Bonchev–Trinajstić information content (AvgIpc) is 2.75. The van der Waals surface area contributed by atoms with E-state index in [4.69, 9.17) is 0 Å². The van der Waals surface area contributed by atoms with Gasteiger partial charge in [-0.1, -0.05) is 6.07 Å². The zero-order chi connectivity index (χ0) is 13.1. The van der Waals surface area contributed by atoms with Crippen molar-refractivity contribution in [1.82, 2.24) is 9.78 Å². The third-order valence-electron chi connectivity index (χ3n) is 2.68. The van der Waals surface area contributed by atoms with Crippen LogP contribution in [0.1, 0.15) is 28.5 Å². The first-order valence-electron chi connectivity index (χ1n) is 6.01. The predicted octanol–water partition coefficient (Wildman–Crippen LogP) is 2.77. The molecule has 1 aromatic heterocycles. The summed E-state index contributed by atoms with van der Waals surface area (Å²) in [6.45, 7) is 6.76. The average molecular weight is 243 g/mol. The summed E-state index contributed by atoms with van der Waals surface area (Å²) in [6.07, 6.45) is 1.80. The Morgan fingerprint density at radius 1 is 1.28 bits per heavy atom. The molecule has 0 unspecified atom stereocenters. The van der Waals surface area contributed by atoms with Crippen LogP contribution in [0.5, 0.6) is 0 Å². The molecule has 0 spiro atoms. The summed E-state index contributed by atoms with van der Waals surface area (Å²) >= 11 is 0. The highest BCUT2D eigenvalue weighted by atomic mass is 16.1. The third-order valence-corrected chi connectivity index (χ3v) is 2.68. The lowest BCUT2D eigenvalue weighted by Crippen LogP contribution is -2.13. The minimum Gasteiger partial charge on any atom is -0.321 e. The molecule has 4 heteroatoms. The van der Waals surface area contributed by atoms with Crippen molar-refractivity contribution in [2.45, 2.75) is 27.3 Å². The number of hydrogen-bond donors (Lipinski definition) is 1. The van der Waals surface area contributed by atoms with Crippen LogP contribution in [0, 0.1) is 13.8 Å². The Labute approximate surface area is 107 Å². The number of rotatable bonds is 3. The molecule has 0 aliphatic carbocycles. The molecule has 1 heterocycles. The van der Waals surface area contributed by atoms with Gasteiger partial charge in [0.05, 0.1) is 0 Å². The molecule has 0 saturated carbocycles. The van der Waals surface area contributed by atoms with Crippen LogP contribution in [0.2, 0.25) is 0 Å². The van der Waals surface area contributed by atoms with E-state index in [2.05, 4.69) is 16.5 Å². The lowest BCUT2D eigenvalue weighted by Gasteiger charge is -2.06. The van der Waals surface area contributed by atoms with Gasteiger partial charge in [0, 0.05) is 18.4 Å². The van der Waals surface area contributed by atoms with Crippen molar-refractivity contribution in [3.05, 3.63) is 47.3 Å². The summed E-state index contributed by atoms with van der Waals surface area (Å²) in [6, 6.07) is 7.69. The van der Waals surface area contributed by atoms with E-state index in [9.17, 15) is 4.79 Å². The maximum Gasteiger partial charge on any atom is 0.276 e. The fourth-order valence-electron chi connectivity index (χ4n) is 1.90. The van der Waals surface area contributed by atoms with E-state index in [0.717, 1.165) is 23.4 Å². The van der Waals surface area contributed by atoms with Crippen molar-refractivity contribution in [2.24, 2.45) is 0 Å². The van der Waals surface area contributed by atoms with Gasteiger partial charge in [-0.2, -0.15) is 5.10 Å². The summed E-state index contributed by atoms with van der Waals surface area (Å²) in [5.41, 5.74) is 3.51. The molecule has 0 aliphatic heterocycles. The molecule has 1 aromatic carbocycles. The minimum absolute atomic E-state index is 0.174. The molecule has 2 aromatic rings. The number of anilines is 1. The first-order valence-corrected chi connectivity index (χ1v) is 6.01. The van der Waals surface area contributed by atoms with Crippen LogP contribution in [0.4, 0.5) is 5.69 Å². The van der Waals surface area contributed by atoms with E-state index in [1.165, 1.54) is 0 Å². The summed E-state index contributed by atoms with van der Waals surface area (Å²) < 4.78 is 1.73. The number of benzene rings is 1. The maximum absolute atomic E-state index is 12.0. The van der Waals surface area contributed by atoms with Gasteiger partial charge in [-0.05, 0) is 50.1 Å². The molecule has 0 fully saturated rings. The van der Waals surface area contributed by atoms with Gasteiger partial charge in [0.1, 0.15) is 0 Å². The second kappa shape index (κ2) is 5.04. The van der Waals surface area contributed by atoms with Crippen molar-refractivity contribution in [3.8, 4) is 0 Å². The number of carbonyl (C=O) groups is 1. The van der Waals surface area contributed by atoms with Crippen molar-refractivity contribution < 1.29 is 4.79 Å². The van der Waals surface area contributed by atoms with Gasteiger partial charge in [-0.3, -0.25) is 9.48 Å². The van der Waals surface area contributed by atoms with Crippen LogP contribution >= 0.6 is 0 Å². The Morgan fingerprint density at radius 2 is 1.94 bits per heavy atom. The topological polar surface area (TPSA) is 46.9 Å². The molecule has 2 rings (SSSR count). The quantitative estimate of drug-likeness (QED) is 0.901. The number of carbonyl (C=O) groups excluding carboxylic acids is 1. The molecule has 18 heavy (non-hydrogen) atoms. The number of hydrogen-bond acceptors (Lipinski definition) is 2. The van der Waals surface area contributed by atoms with E-state index < -0.39 is 0 Å². The Morgan fingerprint density at radius 3 is 2.50 bits per heavy atom. The van der Waals surface area contributed by atoms with Crippen LogP contribution in [0.3, 0.4) is 0 Å². The van der Waals surface area contributed by atoms with Crippen molar-refractivity contribution in [2.75, 3.05) is 5.32 Å². The maximum atomic E-state index is 12.0. The lowest BCUT2D eigenvalue weighted by atomic mass is 10.1. The molecular weight excluding hydrogens is 226 g/mol. The summed E-state index contributed by atoms with van der Waals surface area (Å²) in [5, 5.41) is 7.04. The number of amides is 1. The Kier molecular flexibility index (Phi) is 3.46. The smallest absolute Gasteiger partial charge is 0.276 e. The zero-order valence-corrected chi connectivity index (χ0v) is 10.9. The van der Waals surface area contributed by atoms with E-state index in [0.29, 0.717) is 5.69 Å². The first kappa shape index (κ1) is 12.4. The monoisotopic (exact) mass is 243 g/mol. The number of nitrogens with one attached hydrogen (secondary N) is 1. The van der Waals surface area contributed by atoms with Crippen molar-refractivity contribution in [3.63, 3.8) is 0 Å². The number of aryl methyl sites for hydroxylation is 3. The standard InChI is InChI=1S/C14H17N3O/c1-4-17-6-5-13(16-17)14(18)15-12-8-10(2)7-11(3)9-12/h5-9H,4H2,1-3H3,(H,15,18). The SMILES string of the molecule is CCn1ccc(C(=O)Nc2cc(C)cc(C)c2)n1. The Hall–Kier alpha value is -2.10. The lowest BCUT2D eigenvalue weighted by molar-refractivity contribution is 0.102. The molecule has 4 nitrogen and oxygen atoms in total. The summed E-state index contributed by atoms with van der Waals surface area (Å²) in [4.78, 5) is 12.0. The fourth-order valence-corrected chi connectivity index (χ4v) is 1.90. The van der Waals surface area contributed by atoms with Gasteiger partial charge in [-0.15, -0.1) is 0 Å². The van der Waals surface area contributed by atoms with E-state index >= 15 is 0 Å². The van der Waals surface area contributed by atoms with Crippen LogP contribution < -0.4 is 5.32 Å². The molecule has 0 aliphatic rings. The molecule has 1 amide bonds. The summed E-state index contributed by atoms with van der Waals surface area (Å²) in [5.74, 6) is -0.174. The Bertz CT molecular complexity index is 552. The Balaban J connectivity index is 2.15. The minimum atomic E-state index is -0.174. The van der Waals surface area contributed by atoms with Gasteiger partial charge < -0.3 is 5.32 Å². The molecule has 94 valence electrons. The molecule has 1 N–H and O–H groups in total. The molecule has 0 bridgehead atoms. The van der Waals surface area contributed by atoms with Crippen LogP contribution in [-0.4, -0.2) is 15.7 Å². The molecule has 0 saturated heterocycles. The van der Waals surface area contributed by atoms with Crippen LogP contribution in [0.25, 0.3) is 0 Å². The van der Waals surface area contributed by atoms with Gasteiger partial charge in [-0.25, -0.2) is 0 Å². The third kappa shape index (κ3) is 2.77. The summed E-state index contributed by atoms with van der Waals surface area (Å²) in [7, 11) is 0. The molecular formula is C14H17N3O. The first-order chi connectivity index (χ1) is 8.58. The fraction of sp³-hybridized carbons (Fsp3) is 0.286.